The molecule has 4 nitrogen and oxygen atoms in total. The van der Waals surface area contributed by atoms with Crippen LogP contribution in [0.4, 0.5) is 0 Å². The standard InChI is InChI=1S/C20H17ClN2O2/c1-2-5-18-16(11-22)15-9-8-13(20(24)25)10-19(15)23(18)12-14-6-3-4-7-17(14)21/h3-4,6-10H,2,5,12H2,1H3,(H,24,25). The molecular weight excluding hydrogens is 336 g/mol. The summed E-state index contributed by atoms with van der Waals surface area (Å²) in [5, 5.41) is 20.4. The smallest absolute Gasteiger partial charge is 0.335 e. The first-order valence-electron chi connectivity index (χ1n) is 8.08. The normalized spacial score (nSPS) is 10.8. The van der Waals surface area contributed by atoms with E-state index in [2.05, 4.69) is 13.0 Å². The summed E-state index contributed by atoms with van der Waals surface area (Å²) in [6.07, 6.45) is 1.63. The zero-order chi connectivity index (χ0) is 18.0. The lowest BCUT2D eigenvalue weighted by molar-refractivity contribution is 0.0697. The van der Waals surface area contributed by atoms with Gasteiger partial charge in [0.15, 0.2) is 0 Å². The fourth-order valence-electron chi connectivity index (χ4n) is 3.13. The van der Waals surface area contributed by atoms with Gasteiger partial charge >= 0.3 is 5.97 Å². The molecule has 0 radical (unpaired) electrons. The quantitative estimate of drug-likeness (QED) is 0.712. The number of rotatable bonds is 5. The minimum atomic E-state index is -0.983. The highest BCUT2D eigenvalue weighted by Gasteiger charge is 2.18. The number of nitriles is 1. The molecule has 1 N–H and O–H groups in total. The lowest BCUT2D eigenvalue weighted by Crippen LogP contribution is -2.06. The Bertz CT molecular complexity index is 999. The number of benzene rings is 2. The molecule has 0 saturated carbocycles. The van der Waals surface area contributed by atoms with E-state index in [0.29, 0.717) is 17.1 Å². The van der Waals surface area contributed by atoms with E-state index in [9.17, 15) is 15.2 Å². The van der Waals surface area contributed by atoms with Gasteiger partial charge in [0.25, 0.3) is 0 Å². The highest BCUT2D eigenvalue weighted by Crippen LogP contribution is 2.30. The van der Waals surface area contributed by atoms with E-state index in [4.69, 9.17) is 11.6 Å². The Hall–Kier alpha value is -2.77. The predicted octanol–water partition coefficient (Wildman–Crippen LogP) is 4.87. The van der Waals surface area contributed by atoms with Gasteiger partial charge in [0.2, 0.25) is 0 Å². The molecule has 1 heterocycles. The van der Waals surface area contributed by atoms with Gasteiger partial charge in [-0.1, -0.05) is 49.2 Å². The molecule has 0 atom stereocenters. The fraction of sp³-hybridized carbons (Fsp3) is 0.200. The van der Waals surface area contributed by atoms with Gasteiger partial charge in [-0.25, -0.2) is 4.79 Å². The maximum atomic E-state index is 11.4. The molecule has 0 aliphatic heterocycles. The second-order valence-corrected chi connectivity index (χ2v) is 6.31. The molecular formula is C20H17ClN2O2. The summed E-state index contributed by atoms with van der Waals surface area (Å²) >= 11 is 6.30. The van der Waals surface area contributed by atoms with Crippen molar-refractivity contribution in [3.63, 3.8) is 0 Å². The van der Waals surface area contributed by atoms with Gasteiger partial charge in [0.1, 0.15) is 6.07 Å². The van der Waals surface area contributed by atoms with Crippen molar-refractivity contribution in [3.05, 3.63) is 69.9 Å². The Balaban J connectivity index is 2.28. The molecule has 0 spiro atoms. The number of fused-ring (bicyclic) bond motifs is 1. The predicted molar refractivity (Wildman–Crippen MR) is 98.2 cm³/mol. The molecule has 3 rings (SSSR count). The molecule has 5 heteroatoms. The average molecular weight is 353 g/mol. The summed E-state index contributed by atoms with van der Waals surface area (Å²) in [4.78, 5) is 11.4. The maximum Gasteiger partial charge on any atom is 0.335 e. The molecule has 1 aromatic heterocycles. The van der Waals surface area contributed by atoms with Gasteiger partial charge in [0, 0.05) is 22.6 Å². The van der Waals surface area contributed by atoms with Gasteiger partial charge < -0.3 is 9.67 Å². The van der Waals surface area contributed by atoms with Crippen molar-refractivity contribution < 1.29 is 9.90 Å². The molecule has 0 aliphatic carbocycles. The van der Waals surface area contributed by atoms with Crippen LogP contribution in [-0.2, 0) is 13.0 Å². The second-order valence-electron chi connectivity index (χ2n) is 5.90. The molecule has 0 amide bonds. The highest BCUT2D eigenvalue weighted by atomic mass is 35.5. The lowest BCUT2D eigenvalue weighted by Gasteiger charge is -2.12. The van der Waals surface area contributed by atoms with E-state index < -0.39 is 5.97 Å². The van der Waals surface area contributed by atoms with E-state index in [0.717, 1.165) is 35.0 Å². The Kier molecular flexibility index (Phi) is 4.78. The van der Waals surface area contributed by atoms with Crippen LogP contribution in [0.15, 0.2) is 42.5 Å². The maximum absolute atomic E-state index is 11.4. The third-order valence-corrected chi connectivity index (χ3v) is 4.67. The van der Waals surface area contributed by atoms with E-state index in [1.54, 1.807) is 18.2 Å². The monoisotopic (exact) mass is 352 g/mol. The summed E-state index contributed by atoms with van der Waals surface area (Å²) < 4.78 is 2.02. The van der Waals surface area contributed by atoms with Crippen molar-refractivity contribution in [2.24, 2.45) is 0 Å². The number of nitrogens with zero attached hydrogens (tertiary/aromatic N) is 2. The summed E-state index contributed by atoms with van der Waals surface area (Å²) in [7, 11) is 0. The second kappa shape index (κ2) is 7.00. The first-order valence-corrected chi connectivity index (χ1v) is 8.46. The van der Waals surface area contributed by atoms with Gasteiger partial charge in [-0.05, 0) is 30.2 Å². The Labute approximate surface area is 150 Å². The number of carboxylic acids is 1. The minimum Gasteiger partial charge on any atom is -0.478 e. The molecule has 0 unspecified atom stereocenters. The van der Waals surface area contributed by atoms with Crippen LogP contribution >= 0.6 is 11.6 Å². The largest absolute Gasteiger partial charge is 0.478 e. The van der Waals surface area contributed by atoms with Crippen LogP contribution in [0.3, 0.4) is 0 Å². The molecule has 0 saturated heterocycles. The first kappa shape index (κ1) is 17.1. The van der Waals surface area contributed by atoms with Crippen LogP contribution in [0.25, 0.3) is 10.9 Å². The fourth-order valence-corrected chi connectivity index (χ4v) is 3.33. The van der Waals surface area contributed by atoms with Crippen molar-refractivity contribution >= 4 is 28.5 Å². The molecule has 0 bridgehead atoms. The summed E-state index contributed by atoms with van der Waals surface area (Å²) in [6, 6.07) is 14.7. The number of halogens is 1. The average Bonchev–Trinajstić information content (AvgIpc) is 2.89. The molecule has 0 aliphatic rings. The number of carboxylic acid groups (broad SMARTS) is 1. The highest BCUT2D eigenvalue weighted by molar-refractivity contribution is 6.31. The lowest BCUT2D eigenvalue weighted by atomic mass is 10.1. The molecule has 2 aromatic carbocycles. The number of hydrogen-bond acceptors (Lipinski definition) is 2. The van der Waals surface area contributed by atoms with Crippen LogP contribution in [0.1, 0.15) is 40.5 Å². The SMILES string of the molecule is CCCc1c(C#N)c2ccc(C(=O)O)cc2n1Cc1ccccc1Cl. The van der Waals surface area contributed by atoms with Crippen LogP contribution < -0.4 is 0 Å². The molecule has 3 aromatic rings. The number of aromatic nitrogens is 1. The zero-order valence-electron chi connectivity index (χ0n) is 13.8. The van der Waals surface area contributed by atoms with Crippen LogP contribution in [-0.4, -0.2) is 15.6 Å². The van der Waals surface area contributed by atoms with Gasteiger partial charge in [-0.2, -0.15) is 5.26 Å². The number of carbonyl (C=O) groups is 1. The van der Waals surface area contributed by atoms with Gasteiger partial charge in [-0.3, -0.25) is 0 Å². The topological polar surface area (TPSA) is 66.0 Å². The van der Waals surface area contributed by atoms with Crippen molar-refractivity contribution in [3.8, 4) is 6.07 Å². The molecule has 0 fully saturated rings. The zero-order valence-corrected chi connectivity index (χ0v) is 14.5. The number of hydrogen-bond donors (Lipinski definition) is 1. The Morgan fingerprint density at radius 1 is 1.28 bits per heavy atom. The third kappa shape index (κ3) is 3.11. The molecule has 126 valence electrons. The van der Waals surface area contributed by atoms with Gasteiger partial charge in [-0.15, -0.1) is 0 Å². The van der Waals surface area contributed by atoms with E-state index in [1.165, 1.54) is 0 Å². The van der Waals surface area contributed by atoms with E-state index in [1.807, 2.05) is 28.8 Å². The van der Waals surface area contributed by atoms with E-state index >= 15 is 0 Å². The van der Waals surface area contributed by atoms with Crippen LogP contribution in [0, 0.1) is 11.3 Å². The summed E-state index contributed by atoms with van der Waals surface area (Å²) in [5.41, 5.74) is 3.42. The van der Waals surface area contributed by atoms with Crippen LogP contribution in [0.5, 0.6) is 0 Å². The number of aromatic carboxylic acids is 1. The summed E-state index contributed by atoms with van der Waals surface area (Å²) in [6.45, 7) is 2.55. The van der Waals surface area contributed by atoms with Gasteiger partial charge in [0.05, 0.1) is 16.6 Å². The third-order valence-electron chi connectivity index (χ3n) is 4.30. The van der Waals surface area contributed by atoms with Crippen molar-refractivity contribution in [2.45, 2.75) is 26.3 Å². The van der Waals surface area contributed by atoms with E-state index in [-0.39, 0.29) is 5.56 Å². The Morgan fingerprint density at radius 3 is 2.68 bits per heavy atom. The van der Waals surface area contributed by atoms with Crippen molar-refractivity contribution in [1.29, 1.82) is 5.26 Å². The summed E-state index contributed by atoms with van der Waals surface area (Å²) in [5.74, 6) is -0.983. The first-order chi connectivity index (χ1) is 12.1. The molecule has 25 heavy (non-hydrogen) atoms. The Morgan fingerprint density at radius 2 is 2.04 bits per heavy atom. The van der Waals surface area contributed by atoms with Crippen molar-refractivity contribution in [2.75, 3.05) is 0 Å². The van der Waals surface area contributed by atoms with Crippen molar-refractivity contribution in [1.82, 2.24) is 4.57 Å². The minimum absolute atomic E-state index is 0.206. The van der Waals surface area contributed by atoms with Crippen LogP contribution in [0.2, 0.25) is 5.02 Å².